The molecule has 10 nitrogen and oxygen atoms in total. The van der Waals surface area contributed by atoms with E-state index >= 15 is 0 Å². The SMILES string of the molecule is CC(=O)NCCN(CCO)C(C)=O.CC(=O)NCCNC(=O)CO. The lowest BCUT2D eigenvalue weighted by Gasteiger charge is -2.19. The summed E-state index contributed by atoms with van der Waals surface area (Å²) in [6.45, 7) is 5.60. The van der Waals surface area contributed by atoms with Gasteiger partial charge in [0.15, 0.2) is 0 Å². The van der Waals surface area contributed by atoms with E-state index in [1.807, 2.05) is 0 Å². The molecule has 0 unspecified atom stereocenters. The third-order valence-corrected chi connectivity index (χ3v) is 2.54. The van der Waals surface area contributed by atoms with Gasteiger partial charge in [0.05, 0.1) is 6.61 Å². The number of aliphatic hydroxyl groups is 2. The predicted molar refractivity (Wildman–Crippen MR) is 86.8 cm³/mol. The largest absolute Gasteiger partial charge is 0.395 e. The smallest absolute Gasteiger partial charge is 0.245 e. The summed E-state index contributed by atoms with van der Waals surface area (Å²) in [5.74, 6) is -0.787. The zero-order chi connectivity index (χ0) is 19.0. The lowest BCUT2D eigenvalue weighted by molar-refractivity contribution is -0.129. The molecule has 0 saturated carbocycles. The van der Waals surface area contributed by atoms with Crippen molar-refractivity contribution in [1.29, 1.82) is 0 Å². The molecule has 10 heteroatoms. The molecule has 24 heavy (non-hydrogen) atoms. The molecule has 0 aromatic rings. The Morgan fingerprint density at radius 3 is 1.71 bits per heavy atom. The first kappa shape index (κ1) is 24.1. The van der Waals surface area contributed by atoms with Gasteiger partial charge < -0.3 is 31.1 Å². The molecule has 0 heterocycles. The standard InChI is InChI=1S/C8H16N2O3.C6H12N2O3/c1-7(12)9-3-4-10(5-6-11)8(2)13;1-5(10)7-2-3-8-6(11)4-9/h11H,3-6H2,1-2H3,(H,9,12);9H,2-4H2,1H3,(H,7,10)(H,8,11). The fourth-order valence-electron chi connectivity index (χ4n) is 1.41. The Hall–Kier alpha value is -2.20. The number of nitrogens with one attached hydrogen (secondary N) is 3. The number of hydrogen-bond acceptors (Lipinski definition) is 6. The Balaban J connectivity index is 0. The summed E-state index contributed by atoms with van der Waals surface area (Å²) in [5, 5.41) is 24.3. The third-order valence-electron chi connectivity index (χ3n) is 2.54. The van der Waals surface area contributed by atoms with Gasteiger partial charge in [-0.3, -0.25) is 19.2 Å². The molecule has 0 aromatic heterocycles. The molecule has 0 bridgehead atoms. The van der Waals surface area contributed by atoms with Gasteiger partial charge in [-0.1, -0.05) is 0 Å². The molecule has 0 atom stereocenters. The number of amides is 4. The average molecular weight is 348 g/mol. The summed E-state index contributed by atoms with van der Waals surface area (Å²) in [5.41, 5.74) is 0. The number of hydrogen-bond donors (Lipinski definition) is 5. The highest BCUT2D eigenvalue weighted by atomic mass is 16.3. The van der Waals surface area contributed by atoms with E-state index in [-0.39, 0.29) is 24.3 Å². The second kappa shape index (κ2) is 15.7. The van der Waals surface area contributed by atoms with E-state index in [2.05, 4.69) is 16.0 Å². The molecule has 0 radical (unpaired) electrons. The first-order chi connectivity index (χ1) is 11.2. The topological polar surface area (TPSA) is 148 Å². The zero-order valence-corrected chi connectivity index (χ0v) is 14.4. The van der Waals surface area contributed by atoms with Gasteiger partial charge >= 0.3 is 0 Å². The number of carbonyl (C=O) groups excluding carboxylic acids is 4. The molecular weight excluding hydrogens is 320 g/mol. The van der Waals surface area contributed by atoms with E-state index in [4.69, 9.17) is 10.2 Å². The van der Waals surface area contributed by atoms with Gasteiger partial charge in [-0.25, -0.2) is 0 Å². The lowest BCUT2D eigenvalue weighted by atomic mass is 10.4. The maximum Gasteiger partial charge on any atom is 0.245 e. The first-order valence-electron chi connectivity index (χ1n) is 7.47. The maximum atomic E-state index is 10.9. The van der Waals surface area contributed by atoms with Crippen molar-refractivity contribution in [2.45, 2.75) is 20.8 Å². The van der Waals surface area contributed by atoms with Crippen molar-refractivity contribution in [1.82, 2.24) is 20.9 Å². The van der Waals surface area contributed by atoms with Crippen LogP contribution >= 0.6 is 0 Å². The van der Waals surface area contributed by atoms with Crippen molar-refractivity contribution < 1.29 is 29.4 Å². The zero-order valence-electron chi connectivity index (χ0n) is 14.4. The van der Waals surface area contributed by atoms with Crippen LogP contribution in [0.3, 0.4) is 0 Å². The summed E-state index contributed by atoms with van der Waals surface area (Å²) in [4.78, 5) is 43.6. The van der Waals surface area contributed by atoms with Crippen LogP contribution in [0.4, 0.5) is 0 Å². The second-order valence-electron chi connectivity index (χ2n) is 4.70. The molecular formula is C14H28N4O6. The predicted octanol–water partition coefficient (Wildman–Crippen LogP) is -2.81. The quantitative estimate of drug-likeness (QED) is 0.284. The molecule has 0 fully saturated rings. The summed E-state index contributed by atoms with van der Waals surface area (Å²) in [6.07, 6.45) is 0. The highest BCUT2D eigenvalue weighted by Crippen LogP contribution is 1.87. The Morgan fingerprint density at radius 2 is 1.29 bits per heavy atom. The van der Waals surface area contributed by atoms with E-state index in [0.29, 0.717) is 32.7 Å². The van der Waals surface area contributed by atoms with Crippen molar-refractivity contribution >= 4 is 23.6 Å². The number of nitrogens with zero attached hydrogens (tertiary/aromatic N) is 1. The highest BCUT2D eigenvalue weighted by molar-refractivity contribution is 5.77. The average Bonchev–Trinajstić information content (AvgIpc) is 2.50. The molecule has 0 spiro atoms. The van der Waals surface area contributed by atoms with Crippen LogP contribution in [0.25, 0.3) is 0 Å². The molecule has 0 aliphatic heterocycles. The van der Waals surface area contributed by atoms with Crippen LogP contribution in [0.1, 0.15) is 20.8 Å². The molecule has 4 amide bonds. The van der Waals surface area contributed by atoms with Crippen LogP contribution in [0.2, 0.25) is 0 Å². The third kappa shape index (κ3) is 17.9. The second-order valence-corrected chi connectivity index (χ2v) is 4.70. The van der Waals surface area contributed by atoms with Crippen molar-refractivity contribution in [3.8, 4) is 0 Å². The Kier molecular flexibility index (Phi) is 15.7. The molecule has 0 saturated heterocycles. The van der Waals surface area contributed by atoms with Crippen molar-refractivity contribution in [2.24, 2.45) is 0 Å². The van der Waals surface area contributed by atoms with Crippen LogP contribution < -0.4 is 16.0 Å². The Labute approximate surface area is 141 Å². The molecule has 0 aliphatic rings. The van der Waals surface area contributed by atoms with E-state index in [0.717, 1.165) is 0 Å². The molecule has 140 valence electrons. The number of carbonyl (C=O) groups is 4. The van der Waals surface area contributed by atoms with Gasteiger partial charge in [0.2, 0.25) is 23.6 Å². The van der Waals surface area contributed by atoms with Gasteiger partial charge in [-0.2, -0.15) is 0 Å². The molecule has 0 rings (SSSR count). The molecule has 0 aromatic carbocycles. The van der Waals surface area contributed by atoms with Crippen LogP contribution in [-0.4, -0.2) is 84.7 Å². The van der Waals surface area contributed by atoms with Crippen LogP contribution in [0, 0.1) is 0 Å². The van der Waals surface area contributed by atoms with Gasteiger partial charge in [-0.05, 0) is 0 Å². The van der Waals surface area contributed by atoms with Crippen molar-refractivity contribution in [3.63, 3.8) is 0 Å². The summed E-state index contributed by atoms with van der Waals surface area (Å²) >= 11 is 0. The van der Waals surface area contributed by atoms with Gasteiger partial charge in [0.1, 0.15) is 6.61 Å². The number of aliphatic hydroxyl groups excluding tert-OH is 2. The van der Waals surface area contributed by atoms with Gasteiger partial charge in [0, 0.05) is 53.5 Å². The first-order valence-corrected chi connectivity index (χ1v) is 7.47. The number of rotatable bonds is 9. The van der Waals surface area contributed by atoms with E-state index in [9.17, 15) is 19.2 Å². The Morgan fingerprint density at radius 1 is 0.792 bits per heavy atom. The summed E-state index contributed by atoms with van der Waals surface area (Å²) in [7, 11) is 0. The minimum absolute atomic E-state index is 0.0559. The highest BCUT2D eigenvalue weighted by Gasteiger charge is 2.06. The van der Waals surface area contributed by atoms with Crippen LogP contribution in [0.5, 0.6) is 0 Å². The monoisotopic (exact) mass is 348 g/mol. The summed E-state index contributed by atoms with van der Waals surface area (Å²) < 4.78 is 0. The Bertz CT molecular complexity index is 403. The van der Waals surface area contributed by atoms with E-state index in [1.54, 1.807) is 0 Å². The fourth-order valence-corrected chi connectivity index (χ4v) is 1.41. The van der Waals surface area contributed by atoms with E-state index in [1.165, 1.54) is 25.7 Å². The maximum absolute atomic E-state index is 10.9. The minimum atomic E-state index is -0.514. The molecule has 0 aliphatic carbocycles. The van der Waals surface area contributed by atoms with E-state index < -0.39 is 12.5 Å². The van der Waals surface area contributed by atoms with Crippen molar-refractivity contribution in [3.05, 3.63) is 0 Å². The molecule has 5 N–H and O–H groups in total. The fraction of sp³-hybridized carbons (Fsp3) is 0.714. The lowest BCUT2D eigenvalue weighted by Crippen LogP contribution is -2.38. The normalized spacial score (nSPS) is 9.21. The van der Waals surface area contributed by atoms with Gasteiger partial charge in [-0.15, -0.1) is 0 Å². The summed E-state index contributed by atoms with van der Waals surface area (Å²) in [6, 6.07) is 0. The minimum Gasteiger partial charge on any atom is -0.395 e. The van der Waals surface area contributed by atoms with Crippen LogP contribution in [-0.2, 0) is 19.2 Å². The van der Waals surface area contributed by atoms with Gasteiger partial charge in [0.25, 0.3) is 0 Å². The van der Waals surface area contributed by atoms with Crippen molar-refractivity contribution in [2.75, 3.05) is 45.9 Å². The van der Waals surface area contributed by atoms with Crippen LogP contribution in [0.15, 0.2) is 0 Å².